The number of aliphatic hydroxyl groups is 1. The highest BCUT2D eigenvalue weighted by molar-refractivity contribution is 5.79. The molecule has 1 saturated carbocycles. The highest BCUT2D eigenvalue weighted by Crippen LogP contribution is 2.41. The van der Waals surface area contributed by atoms with Crippen molar-refractivity contribution in [1.29, 1.82) is 0 Å². The molecule has 29 heavy (non-hydrogen) atoms. The van der Waals surface area contributed by atoms with Crippen molar-refractivity contribution in [3.8, 4) is 0 Å². The summed E-state index contributed by atoms with van der Waals surface area (Å²) in [6.07, 6.45) is 3.24. The van der Waals surface area contributed by atoms with Crippen molar-refractivity contribution in [1.82, 2.24) is 14.5 Å². The standard InChI is InChI=1S/C22H32N4O3/c1-3-29-15-21(28)24(2)18-12-16-8-9-25(14-17(16)13-18)22-23-19-6-4-5-7-20(19)26(22)10-11-27/h4-7,16-18,27H,3,8-15H2,1-2H3/t16-,17-,18+/m1/s1. The maximum atomic E-state index is 12.3. The largest absolute Gasteiger partial charge is 0.395 e. The number of imidazole rings is 1. The Morgan fingerprint density at radius 2 is 2.10 bits per heavy atom. The molecule has 7 heteroatoms. The number of rotatable bonds is 7. The Morgan fingerprint density at radius 1 is 1.31 bits per heavy atom. The van der Waals surface area contributed by atoms with E-state index in [0.29, 0.717) is 31.0 Å². The Kier molecular flexibility index (Phi) is 6.06. The number of benzene rings is 1. The van der Waals surface area contributed by atoms with Crippen LogP contribution < -0.4 is 4.90 Å². The summed E-state index contributed by atoms with van der Waals surface area (Å²) in [6, 6.07) is 8.42. The lowest BCUT2D eigenvalue weighted by atomic mass is 9.89. The van der Waals surface area contributed by atoms with Gasteiger partial charge >= 0.3 is 0 Å². The van der Waals surface area contributed by atoms with Gasteiger partial charge in [0.25, 0.3) is 0 Å². The second-order valence-corrected chi connectivity index (χ2v) is 8.30. The zero-order chi connectivity index (χ0) is 20.4. The van der Waals surface area contributed by atoms with Crippen molar-refractivity contribution in [2.24, 2.45) is 11.8 Å². The van der Waals surface area contributed by atoms with Crippen LogP contribution in [-0.4, -0.2) is 71.5 Å². The zero-order valence-electron chi connectivity index (χ0n) is 17.5. The minimum absolute atomic E-state index is 0.0806. The van der Waals surface area contributed by atoms with Crippen molar-refractivity contribution in [3.05, 3.63) is 24.3 Å². The number of carbonyl (C=O) groups is 1. The summed E-state index contributed by atoms with van der Waals surface area (Å²) < 4.78 is 7.44. The molecule has 158 valence electrons. The number of aliphatic hydroxyl groups excluding tert-OH is 1. The number of likely N-dealkylation sites (N-methyl/N-ethyl adjacent to an activating group) is 1. The van der Waals surface area contributed by atoms with Gasteiger partial charge in [0.15, 0.2) is 0 Å². The molecule has 7 nitrogen and oxygen atoms in total. The van der Waals surface area contributed by atoms with Crippen molar-refractivity contribution >= 4 is 22.9 Å². The second-order valence-electron chi connectivity index (χ2n) is 8.30. The van der Waals surface area contributed by atoms with Crippen LogP contribution in [0, 0.1) is 11.8 Å². The van der Waals surface area contributed by atoms with Crippen molar-refractivity contribution in [2.75, 3.05) is 44.9 Å². The molecule has 0 bridgehead atoms. The first kappa shape index (κ1) is 20.2. The van der Waals surface area contributed by atoms with Gasteiger partial charge in [0.2, 0.25) is 11.9 Å². The number of hydrogen-bond acceptors (Lipinski definition) is 5. The number of amides is 1. The fraction of sp³-hybridized carbons (Fsp3) is 0.636. The predicted molar refractivity (Wildman–Crippen MR) is 113 cm³/mol. The summed E-state index contributed by atoms with van der Waals surface area (Å²) in [5, 5.41) is 9.57. The molecule has 1 aromatic carbocycles. The van der Waals surface area contributed by atoms with Gasteiger partial charge in [0.1, 0.15) is 6.61 Å². The van der Waals surface area contributed by atoms with Crippen molar-refractivity contribution in [2.45, 2.75) is 38.8 Å². The molecule has 0 radical (unpaired) electrons. The number of aromatic nitrogens is 2. The predicted octanol–water partition coefficient (Wildman–Crippen LogP) is 2.13. The first-order valence-corrected chi connectivity index (χ1v) is 10.8. The monoisotopic (exact) mass is 400 g/mol. The number of anilines is 1. The highest BCUT2D eigenvalue weighted by Gasteiger charge is 2.41. The Hall–Kier alpha value is -2.12. The average Bonchev–Trinajstić information content (AvgIpc) is 3.33. The molecule has 3 atom stereocenters. The molecule has 1 amide bonds. The van der Waals surface area contributed by atoms with Crippen molar-refractivity contribution in [3.63, 3.8) is 0 Å². The first-order chi connectivity index (χ1) is 14.1. The fourth-order valence-corrected chi connectivity index (χ4v) is 5.07. The Balaban J connectivity index is 1.47. The first-order valence-electron chi connectivity index (χ1n) is 10.8. The quantitative estimate of drug-likeness (QED) is 0.771. The summed E-state index contributed by atoms with van der Waals surface area (Å²) in [5.41, 5.74) is 2.05. The molecule has 4 rings (SSSR count). The van der Waals surface area contributed by atoms with Crippen molar-refractivity contribution < 1.29 is 14.6 Å². The lowest BCUT2D eigenvalue weighted by Crippen LogP contribution is -2.40. The van der Waals surface area contributed by atoms with Crippen LogP contribution in [0.5, 0.6) is 0 Å². The molecule has 2 fully saturated rings. The fourth-order valence-electron chi connectivity index (χ4n) is 5.07. The van der Waals surface area contributed by atoms with Gasteiger partial charge in [-0.3, -0.25) is 4.79 Å². The Bertz CT molecular complexity index is 852. The smallest absolute Gasteiger partial charge is 0.248 e. The van der Waals surface area contributed by atoms with Gasteiger partial charge in [-0.05, 0) is 50.2 Å². The summed E-state index contributed by atoms with van der Waals surface area (Å²) >= 11 is 0. The number of piperidine rings is 1. The molecule has 0 unspecified atom stereocenters. The van der Waals surface area contributed by atoms with Gasteiger partial charge in [-0.25, -0.2) is 4.98 Å². The number of para-hydroxylation sites is 2. The molecule has 1 aliphatic carbocycles. The van der Waals surface area contributed by atoms with E-state index in [9.17, 15) is 9.90 Å². The van der Waals surface area contributed by atoms with Crippen LogP contribution in [0.1, 0.15) is 26.2 Å². The molecule has 2 aromatic rings. The topological polar surface area (TPSA) is 70.8 Å². The molecule has 2 aliphatic rings. The van der Waals surface area contributed by atoms with Gasteiger partial charge in [-0.1, -0.05) is 12.1 Å². The van der Waals surface area contributed by atoms with Gasteiger partial charge in [0.05, 0.1) is 17.6 Å². The van der Waals surface area contributed by atoms with Gasteiger partial charge in [-0.15, -0.1) is 0 Å². The molecule has 0 spiro atoms. The number of carbonyl (C=O) groups excluding carboxylic acids is 1. The van der Waals surface area contributed by atoms with Crippen LogP contribution in [0.25, 0.3) is 11.0 Å². The summed E-state index contributed by atoms with van der Waals surface area (Å²) in [5.74, 6) is 2.27. The molecule has 1 N–H and O–H groups in total. The third-order valence-electron chi connectivity index (χ3n) is 6.65. The van der Waals surface area contributed by atoms with E-state index in [2.05, 4.69) is 15.5 Å². The average molecular weight is 401 g/mol. The molecule has 1 aliphatic heterocycles. The zero-order valence-corrected chi connectivity index (χ0v) is 17.5. The molecule has 1 aromatic heterocycles. The van der Waals surface area contributed by atoms with E-state index < -0.39 is 0 Å². The maximum absolute atomic E-state index is 12.3. The summed E-state index contributed by atoms with van der Waals surface area (Å²) in [4.78, 5) is 21.5. The summed E-state index contributed by atoms with van der Waals surface area (Å²) in [7, 11) is 1.92. The van der Waals surface area contributed by atoms with Crippen LogP contribution in [-0.2, 0) is 16.1 Å². The van der Waals surface area contributed by atoms with Crippen LogP contribution in [0.15, 0.2) is 24.3 Å². The Morgan fingerprint density at radius 3 is 2.90 bits per heavy atom. The van der Waals surface area contributed by atoms with E-state index in [-0.39, 0.29) is 19.1 Å². The highest BCUT2D eigenvalue weighted by atomic mass is 16.5. The minimum atomic E-state index is 0.0806. The number of fused-ring (bicyclic) bond motifs is 2. The number of nitrogens with zero attached hydrogens (tertiary/aromatic N) is 4. The van der Waals surface area contributed by atoms with Gasteiger partial charge in [0, 0.05) is 39.3 Å². The molecule has 2 heterocycles. The van der Waals surface area contributed by atoms with E-state index >= 15 is 0 Å². The van der Waals surface area contributed by atoms with E-state index in [1.807, 2.05) is 37.1 Å². The number of ether oxygens (including phenoxy) is 1. The third kappa shape index (κ3) is 3.98. The van der Waals surface area contributed by atoms with E-state index in [4.69, 9.17) is 9.72 Å². The minimum Gasteiger partial charge on any atom is -0.395 e. The molecular weight excluding hydrogens is 368 g/mol. The van der Waals surface area contributed by atoms with Gasteiger partial charge in [-0.2, -0.15) is 0 Å². The second kappa shape index (κ2) is 8.71. The number of hydrogen-bond donors (Lipinski definition) is 1. The normalized spacial score (nSPS) is 24.1. The van der Waals surface area contributed by atoms with Crippen LogP contribution >= 0.6 is 0 Å². The lowest BCUT2D eigenvalue weighted by molar-refractivity contribution is -0.136. The van der Waals surface area contributed by atoms with Crippen LogP contribution in [0.4, 0.5) is 5.95 Å². The molecular formula is C22H32N4O3. The van der Waals surface area contributed by atoms with E-state index in [0.717, 1.165) is 49.3 Å². The van der Waals surface area contributed by atoms with Crippen LogP contribution in [0.3, 0.4) is 0 Å². The molecule has 1 saturated heterocycles. The Labute approximate surface area is 172 Å². The van der Waals surface area contributed by atoms with E-state index in [1.54, 1.807) is 0 Å². The maximum Gasteiger partial charge on any atom is 0.248 e. The SMILES string of the molecule is CCOCC(=O)N(C)[C@H]1C[C@H]2CCN(c3nc4ccccc4n3CCO)C[C@H]2C1. The third-order valence-corrected chi connectivity index (χ3v) is 6.65. The summed E-state index contributed by atoms with van der Waals surface area (Å²) in [6.45, 7) is 5.24. The van der Waals surface area contributed by atoms with E-state index in [1.165, 1.54) is 0 Å². The lowest BCUT2D eigenvalue weighted by Gasteiger charge is -2.35. The van der Waals surface area contributed by atoms with Crippen LogP contribution in [0.2, 0.25) is 0 Å². The van der Waals surface area contributed by atoms with Gasteiger partial charge < -0.3 is 24.2 Å².